The van der Waals surface area contributed by atoms with Crippen LogP contribution in [-0.2, 0) is 23.5 Å². The van der Waals surface area contributed by atoms with Crippen LogP contribution in [0.15, 0.2) is 6.20 Å². The molecule has 1 aliphatic carbocycles. The van der Waals surface area contributed by atoms with Gasteiger partial charge in [0.15, 0.2) is 11.9 Å². The Labute approximate surface area is 205 Å². The van der Waals surface area contributed by atoms with Gasteiger partial charge in [-0.2, -0.15) is 15.1 Å². The van der Waals surface area contributed by atoms with Gasteiger partial charge in [-0.15, -0.1) is 0 Å². The molecule has 0 amide bonds. The van der Waals surface area contributed by atoms with Gasteiger partial charge in [-0.3, -0.25) is 4.57 Å². The number of halogens is 1. The topological polar surface area (TPSA) is 191 Å². The van der Waals surface area contributed by atoms with E-state index in [9.17, 15) is 24.6 Å². The van der Waals surface area contributed by atoms with Crippen LogP contribution in [0.25, 0.3) is 11.0 Å². The average Bonchev–Trinajstić information content (AvgIpc) is 3.47. The first-order valence-corrected chi connectivity index (χ1v) is 12.9. The highest BCUT2D eigenvalue weighted by atomic mass is 35.5. The van der Waals surface area contributed by atoms with E-state index in [1.807, 2.05) is 0 Å². The Balaban J connectivity index is 1.54. The van der Waals surface area contributed by atoms with Crippen molar-refractivity contribution < 1.29 is 43.5 Å². The smallest absolute Gasteiger partial charge is 0.361 e. The van der Waals surface area contributed by atoms with Crippen molar-refractivity contribution in [3.63, 3.8) is 0 Å². The largest absolute Gasteiger partial charge is 0.387 e. The molecule has 4 atom stereocenters. The molecule has 2 aromatic heterocycles. The van der Waals surface area contributed by atoms with Crippen molar-refractivity contribution in [2.24, 2.45) is 5.92 Å². The fraction of sp³-hybridized carbons (Fsp3) is 0.737. The highest BCUT2D eigenvalue weighted by molar-refractivity contribution is 7.53. The number of fused-ring (bicyclic) bond motifs is 1. The molecule has 2 fully saturated rings. The second kappa shape index (κ2) is 10.5. The third kappa shape index (κ3) is 5.47. The van der Waals surface area contributed by atoms with Crippen LogP contribution in [0.5, 0.6) is 0 Å². The van der Waals surface area contributed by atoms with Gasteiger partial charge in [-0.25, -0.2) is 4.68 Å². The molecule has 0 aromatic carbocycles. The minimum Gasteiger partial charge on any atom is -0.387 e. The number of anilines is 1. The number of hydrogen-bond acceptors (Lipinski definition) is 11. The van der Waals surface area contributed by atoms with Gasteiger partial charge in [-0.05, 0) is 30.4 Å². The second-order valence-corrected chi connectivity index (χ2v) is 10.9. The molecule has 14 nitrogen and oxygen atoms in total. The zero-order valence-corrected chi connectivity index (χ0v) is 20.8. The molecule has 0 radical (unpaired) electrons. The van der Waals surface area contributed by atoms with Crippen LogP contribution in [-0.4, -0.2) is 104 Å². The summed E-state index contributed by atoms with van der Waals surface area (Å²) in [5.74, 6) is 1.08. The molecule has 196 valence electrons. The first kappa shape index (κ1) is 26.6. The van der Waals surface area contributed by atoms with Crippen LogP contribution >= 0.6 is 19.2 Å². The lowest BCUT2D eigenvalue weighted by Crippen LogP contribution is -2.45. The van der Waals surface area contributed by atoms with Crippen LogP contribution < -0.4 is 5.32 Å². The van der Waals surface area contributed by atoms with E-state index in [0.717, 1.165) is 19.4 Å². The minimum absolute atomic E-state index is 0.0315. The average molecular weight is 538 g/mol. The van der Waals surface area contributed by atoms with Gasteiger partial charge in [0.05, 0.1) is 31.4 Å². The molecule has 5 N–H and O–H groups in total. The van der Waals surface area contributed by atoms with E-state index in [4.69, 9.17) is 30.5 Å². The summed E-state index contributed by atoms with van der Waals surface area (Å²) in [6.45, 7) is -0.695. The number of aliphatic hydroxyl groups is 2. The molecule has 2 aliphatic rings. The molecule has 0 unspecified atom stereocenters. The maximum Gasteiger partial charge on any atom is 0.361 e. The highest BCUT2D eigenvalue weighted by Crippen LogP contribution is 2.52. The number of aliphatic hydroxyl groups excluding tert-OH is 2. The highest BCUT2D eigenvalue weighted by Gasteiger charge is 2.52. The summed E-state index contributed by atoms with van der Waals surface area (Å²) in [5, 5.41) is 27.2. The van der Waals surface area contributed by atoms with Crippen molar-refractivity contribution in [1.82, 2.24) is 19.7 Å². The zero-order chi connectivity index (χ0) is 25.4. The summed E-state index contributed by atoms with van der Waals surface area (Å²) in [7, 11) is -2.36. The summed E-state index contributed by atoms with van der Waals surface area (Å²) >= 11 is 6.11. The Hall–Kier alpha value is -1.45. The molecule has 2 aromatic rings. The molecule has 3 heterocycles. The molecular weight excluding hydrogens is 509 g/mol. The van der Waals surface area contributed by atoms with Gasteiger partial charge in [-0.1, -0.05) is 0 Å². The summed E-state index contributed by atoms with van der Waals surface area (Å²) < 4.78 is 34.7. The molecule has 4 rings (SSSR count). The van der Waals surface area contributed by atoms with E-state index in [1.54, 1.807) is 0 Å². The van der Waals surface area contributed by atoms with Gasteiger partial charge in [0.2, 0.25) is 10.6 Å². The summed E-state index contributed by atoms with van der Waals surface area (Å²) in [4.78, 5) is 28.2. The molecule has 16 heteroatoms. The van der Waals surface area contributed by atoms with E-state index < -0.39 is 57.3 Å². The molecule has 1 saturated carbocycles. The lowest BCUT2D eigenvalue weighted by molar-refractivity contribution is -0.129. The number of hydrogen-bond donors (Lipinski definition) is 5. The fourth-order valence-electron chi connectivity index (χ4n) is 3.92. The Morgan fingerprint density at radius 1 is 1.23 bits per heavy atom. The van der Waals surface area contributed by atoms with Gasteiger partial charge in [0, 0.05) is 20.8 Å². The van der Waals surface area contributed by atoms with E-state index in [2.05, 4.69) is 20.4 Å². The van der Waals surface area contributed by atoms with E-state index in [0.29, 0.717) is 17.1 Å². The molecular formula is C19H29ClN5O9P. The summed E-state index contributed by atoms with van der Waals surface area (Å²) in [6.07, 6.45) is -1.43. The predicted octanol–water partition coefficient (Wildman–Crippen LogP) is 0.104. The standard InChI is InChI=1S/C19H29ClN5O9P/c1-31-8-19(9-32-2,35(28,29)30)33-7-12-13(26)14(27)17(34-12)25-16-11(6-22-25)15(23-18(20)24-16)21-5-10-3-4-10/h6,10,12-14,17,26-27H,3-5,7-9H2,1-2H3,(H,21,23,24)(H2,28,29,30)/t12-,13-,14-,17-/m1/s1. The summed E-state index contributed by atoms with van der Waals surface area (Å²) in [5.41, 5.74) is 0.282. The van der Waals surface area contributed by atoms with Crippen molar-refractivity contribution in [3.8, 4) is 0 Å². The SMILES string of the molecule is COCC(COC)(OC[C@H]1O[C@@H](n2ncc3c(NCC4CC4)nc(Cl)nc32)[C@H](O)[C@@H]1O)P(=O)(O)O. The predicted molar refractivity (Wildman–Crippen MR) is 122 cm³/mol. The van der Waals surface area contributed by atoms with Gasteiger partial charge >= 0.3 is 7.60 Å². The quantitative estimate of drug-likeness (QED) is 0.181. The molecule has 0 spiro atoms. The van der Waals surface area contributed by atoms with Gasteiger partial charge < -0.3 is 44.3 Å². The third-order valence-corrected chi connectivity index (χ3v) is 7.66. The monoisotopic (exact) mass is 537 g/mol. The van der Waals surface area contributed by atoms with Crippen molar-refractivity contribution >= 4 is 36.0 Å². The van der Waals surface area contributed by atoms with Crippen LogP contribution in [0.1, 0.15) is 19.1 Å². The van der Waals surface area contributed by atoms with Crippen LogP contribution in [0.4, 0.5) is 5.82 Å². The van der Waals surface area contributed by atoms with Crippen LogP contribution in [0.3, 0.4) is 0 Å². The lowest BCUT2D eigenvalue weighted by Gasteiger charge is -2.33. The number of nitrogens with one attached hydrogen (secondary N) is 1. The number of ether oxygens (including phenoxy) is 4. The van der Waals surface area contributed by atoms with E-state index >= 15 is 0 Å². The number of methoxy groups -OCH3 is 2. The number of rotatable bonds is 12. The van der Waals surface area contributed by atoms with Crippen molar-refractivity contribution in [2.45, 2.75) is 42.7 Å². The second-order valence-electron chi connectivity index (χ2n) is 8.71. The van der Waals surface area contributed by atoms with Gasteiger partial charge in [0.25, 0.3) is 0 Å². The molecule has 1 saturated heterocycles. The van der Waals surface area contributed by atoms with Crippen molar-refractivity contribution in [2.75, 3.05) is 45.9 Å². The Kier molecular flexibility index (Phi) is 7.98. The maximum absolute atomic E-state index is 12.2. The van der Waals surface area contributed by atoms with Gasteiger partial charge in [0.1, 0.15) is 24.1 Å². The fourth-order valence-corrected chi connectivity index (χ4v) is 4.92. The molecule has 0 bridgehead atoms. The Morgan fingerprint density at radius 2 is 1.91 bits per heavy atom. The first-order valence-electron chi connectivity index (χ1n) is 10.9. The Bertz CT molecular complexity index is 1070. The number of aromatic nitrogens is 4. The minimum atomic E-state index is -4.88. The zero-order valence-electron chi connectivity index (χ0n) is 19.2. The van der Waals surface area contributed by atoms with E-state index in [1.165, 1.54) is 25.1 Å². The normalized spacial score (nSPS) is 25.5. The molecule has 1 aliphatic heterocycles. The van der Waals surface area contributed by atoms with E-state index in [-0.39, 0.29) is 10.9 Å². The third-order valence-electron chi connectivity index (χ3n) is 6.05. The van der Waals surface area contributed by atoms with Crippen LogP contribution in [0, 0.1) is 5.92 Å². The summed E-state index contributed by atoms with van der Waals surface area (Å²) in [6, 6.07) is 0. The number of nitrogens with zero attached hydrogens (tertiary/aromatic N) is 4. The van der Waals surface area contributed by atoms with Crippen molar-refractivity contribution in [3.05, 3.63) is 11.5 Å². The molecule has 35 heavy (non-hydrogen) atoms. The lowest BCUT2D eigenvalue weighted by atomic mass is 10.1. The Morgan fingerprint density at radius 3 is 2.51 bits per heavy atom. The van der Waals surface area contributed by atoms with Crippen molar-refractivity contribution in [1.29, 1.82) is 0 Å². The van der Waals surface area contributed by atoms with Crippen LogP contribution in [0.2, 0.25) is 5.28 Å². The first-order chi connectivity index (χ1) is 16.6. The maximum atomic E-state index is 12.2.